The zero-order chi connectivity index (χ0) is 16.5. The summed E-state index contributed by atoms with van der Waals surface area (Å²) in [4.78, 5) is 17.4. The van der Waals surface area contributed by atoms with E-state index in [-0.39, 0.29) is 11.9 Å². The van der Waals surface area contributed by atoms with Gasteiger partial charge in [-0.15, -0.1) is 0 Å². The van der Waals surface area contributed by atoms with Gasteiger partial charge in [-0.2, -0.15) is 5.10 Å². The summed E-state index contributed by atoms with van der Waals surface area (Å²) in [6.45, 7) is 6.15. The number of hydrogen-bond donors (Lipinski definition) is 0. The number of fused-ring (bicyclic) bond motifs is 1. The molecule has 2 aliphatic rings. The Morgan fingerprint density at radius 3 is 2.88 bits per heavy atom. The molecular weight excluding hydrogens is 300 g/mol. The Kier molecular flexibility index (Phi) is 4.10. The lowest BCUT2D eigenvalue weighted by Crippen LogP contribution is -2.48. The minimum absolute atomic E-state index is 0.0285. The number of rotatable bonds is 3. The number of nitrogens with zero attached hydrogens (tertiary/aromatic N) is 4. The van der Waals surface area contributed by atoms with Crippen molar-refractivity contribution in [1.29, 1.82) is 0 Å². The van der Waals surface area contributed by atoms with Crippen LogP contribution in [0.1, 0.15) is 29.8 Å². The summed E-state index contributed by atoms with van der Waals surface area (Å²) < 4.78 is 2.04. The van der Waals surface area contributed by atoms with E-state index in [1.807, 2.05) is 22.6 Å². The Balaban J connectivity index is 1.45. The molecule has 2 aliphatic heterocycles. The highest BCUT2D eigenvalue weighted by atomic mass is 16.2. The molecule has 1 amide bonds. The van der Waals surface area contributed by atoms with Gasteiger partial charge in [0.1, 0.15) is 0 Å². The van der Waals surface area contributed by atoms with E-state index in [2.05, 4.69) is 40.3 Å². The van der Waals surface area contributed by atoms with E-state index >= 15 is 0 Å². The highest BCUT2D eigenvalue weighted by Crippen LogP contribution is 2.24. The highest BCUT2D eigenvalue weighted by Gasteiger charge is 2.34. The summed E-state index contributed by atoms with van der Waals surface area (Å²) in [6.07, 6.45) is 2.08. The molecule has 0 N–H and O–H groups in total. The lowest BCUT2D eigenvalue weighted by Gasteiger charge is -2.33. The summed E-state index contributed by atoms with van der Waals surface area (Å²) in [5, 5.41) is 4.48. The van der Waals surface area contributed by atoms with Crippen molar-refractivity contribution in [3.63, 3.8) is 0 Å². The van der Waals surface area contributed by atoms with E-state index in [1.165, 1.54) is 5.56 Å². The number of amides is 1. The fraction of sp³-hybridized carbons (Fsp3) is 0.474. The normalized spacial score (nSPS) is 21.0. The monoisotopic (exact) mass is 324 g/mol. The van der Waals surface area contributed by atoms with Crippen LogP contribution in [0.3, 0.4) is 0 Å². The molecule has 0 spiro atoms. The van der Waals surface area contributed by atoms with Gasteiger partial charge in [0.15, 0.2) is 0 Å². The summed E-state index contributed by atoms with van der Waals surface area (Å²) in [5.41, 5.74) is 3.47. The zero-order valence-corrected chi connectivity index (χ0v) is 14.2. The molecule has 1 atom stereocenters. The van der Waals surface area contributed by atoms with E-state index in [0.717, 1.165) is 50.4 Å². The average molecular weight is 324 g/mol. The van der Waals surface area contributed by atoms with Crippen molar-refractivity contribution in [2.45, 2.75) is 45.4 Å². The molecule has 0 radical (unpaired) electrons. The fourth-order valence-corrected chi connectivity index (χ4v) is 3.92. The molecule has 126 valence electrons. The topological polar surface area (TPSA) is 41.4 Å². The summed E-state index contributed by atoms with van der Waals surface area (Å²) in [6, 6.07) is 12.6. The first-order valence-corrected chi connectivity index (χ1v) is 8.81. The van der Waals surface area contributed by atoms with E-state index in [9.17, 15) is 4.79 Å². The molecule has 0 bridgehead atoms. The van der Waals surface area contributed by atoms with Crippen molar-refractivity contribution in [2.24, 2.45) is 0 Å². The molecule has 5 heteroatoms. The van der Waals surface area contributed by atoms with Crippen LogP contribution >= 0.6 is 0 Å². The van der Waals surface area contributed by atoms with Gasteiger partial charge in [-0.3, -0.25) is 14.4 Å². The van der Waals surface area contributed by atoms with Gasteiger partial charge in [0.05, 0.1) is 30.5 Å². The molecule has 1 aromatic carbocycles. The standard InChI is InChI=1S/C19H24N4O/c1-15-12-17-14-22(10-11-23(17)20-15)19(24)18-8-5-9-21(18)13-16-6-3-2-4-7-16/h2-4,6-7,12,18H,5,8-11,13-14H2,1H3/t18-/m0/s1. The minimum atomic E-state index is 0.0285. The number of aromatic nitrogens is 2. The highest BCUT2D eigenvalue weighted by molar-refractivity contribution is 5.82. The number of aryl methyl sites for hydroxylation is 1. The van der Waals surface area contributed by atoms with E-state index in [4.69, 9.17) is 0 Å². The first-order chi connectivity index (χ1) is 11.7. The smallest absolute Gasteiger partial charge is 0.240 e. The first kappa shape index (κ1) is 15.4. The lowest BCUT2D eigenvalue weighted by atomic mass is 10.1. The van der Waals surface area contributed by atoms with Crippen LogP contribution in [0.15, 0.2) is 36.4 Å². The van der Waals surface area contributed by atoms with Crippen molar-refractivity contribution < 1.29 is 4.79 Å². The molecule has 0 unspecified atom stereocenters. The summed E-state index contributed by atoms with van der Waals surface area (Å²) in [7, 11) is 0. The zero-order valence-electron chi connectivity index (χ0n) is 14.2. The van der Waals surface area contributed by atoms with Crippen LogP contribution in [0, 0.1) is 6.92 Å². The Hall–Kier alpha value is -2.14. The summed E-state index contributed by atoms with van der Waals surface area (Å²) >= 11 is 0. The van der Waals surface area contributed by atoms with Crippen LogP contribution in [0.5, 0.6) is 0 Å². The number of carbonyl (C=O) groups excluding carboxylic acids is 1. The third-order valence-electron chi connectivity index (χ3n) is 5.11. The maximum atomic E-state index is 13.1. The third-order valence-corrected chi connectivity index (χ3v) is 5.11. The number of hydrogen-bond acceptors (Lipinski definition) is 3. The lowest BCUT2D eigenvalue weighted by molar-refractivity contribution is -0.137. The van der Waals surface area contributed by atoms with Gasteiger partial charge >= 0.3 is 0 Å². The molecular formula is C19H24N4O. The molecule has 2 aromatic rings. The van der Waals surface area contributed by atoms with Crippen molar-refractivity contribution in [3.05, 3.63) is 53.3 Å². The maximum Gasteiger partial charge on any atom is 0.240 e. The second kappa shape index (κ2) is 6.40. The minimum Gasteiger partial charge on any atom is -0.334 e. The fourth-order valence-electron chi connectivity index (χ4n) is 3.92. The van der Waals surface area contributed by atoms with Crippen LogP contribution < -0.4 is 0 Å². The molecule has 24 heavy (non-hydrogen) atoms. The molecule has 4 rings (SSSR count). The predicted octanol–water partition coefficient (Wildman–Crippen LogP) is 2.20. The average Bonchev–Trinajstić information content (AvgIpc) is 3.19. The molecule has 5 nitrogen and oxygen atoms in total. The quantitative estimate of drug-likeness (QED) is 0.869. The maximum absolute atomic E-state index is 13.1. The molecule has 1 saturated heterocycles. The van der Waals surface area contributed by atoms with Gasteiger partial charge in [0.25, 0.3) is 0 Å². The van der Waals surface area contributed by atoms with Crippen LogP contribution in [0.4, 0.5) is 0 Å². The predicted molar refractivity (Wildman–Crippen MR) is 92.3 cm³/mol. The van der Waals surface area contributed by atoms with Gasteiger partial charge in [-0.05, 0) is 37.9 Å². The molecule has 1 fully saturated rings. The van der Waals surface area contributed by atoms with E-state index in [1.54, 1.807) is 0 Å². The second-order valence-corrected chi connectivity index (χ2v) is 6.87. The largest absolute Gasteiger partial charge is 0.334 e. The van der Waals surface area contributed by atoms with Gasteiger partial charge in [0, 0.05) is 13.1 Å². The Morgan fingerprint density at radius 1 is 1.21 bits per heavy atom. The second-order valence-electron chi connectivity index (χ2n) is 6.87. The van der Waals surface area contributed by atoms with Crippen molar-refractivity contribution >= 4 is 5.91 Å². The van der Waals surface area contributed by atoms with Crippen LogP contribution in [-0.2, 0) is 24.4 Å². The van der Waals surface area contributed by atoms with Crippen molar-refractivity contribution in [3.8, 4) is 0 Å². The molecule has 1 aromatic heterocycles. The first-order valence-electron chi connectivity index (χ1n) is 8.81. The Bertz CT molecular complexity index is 724. The van der Waals surface area contributed by atoms with Crippen LogP contribution in [0.2, 0.25) is 0 Å². The molecule has 3 heterocycles. The van der Waals surface area contributed by atoms with Crippen LogP contribution in [0.25, 0.3) is 0 Å². The SMILES string of the molecule is Cc1cc2n(n1)CCN(C(=O)[C@@H]1CCCN1Cc1ccccc1)C2. The van der Waals surface area contributed by atoms with Crippen LogP contribution in [-0.4, -0.2) is 44.6 Å². The van der Waals surface area contributed by atoms with Crippen molar-refractivity contribution in [1.82, 2.24) is 19.6 Å². The Labute approximate surface area is 142 Å². The Morgan fingerprint density at radius 2 is 2.04 bits per heavy atom. The number of likely N-dealkylation sites (tertiary alicyclic amines) is 1. The number of carbonyl (C=O) groups is 1. The third kappa shape index (κ3) is 2.96. The van der Waals surface area contributed by atoms with Gasteiger partial charge < -0.3 is 4.90 Å². The van der Waals surface area contributed by atoms with Crippen molar-refractivity contribution in [2.75, 3.05) is 13.1 Å². The summed E-state index contributed by atoms with van der Waals surface area (Å²) in [5.74, 6) is 0.286. The van der Waals surface area contributed by atoms with Gasteiger partial charge in [-0.25, -0.2) is 0 Å². The van der Waals surface area contributed by atoms with E-state index in [0.29, 0.717) is 6.54 Å². The molecule has 0 saturated carbocycles. The molecule has 0 aliphatic carbocycles. The van der Waals surface area contributed by atoms with Gasteiger partial charge in [-0.1, -0.05) is 30.3 Å². The van der Waals surface area contributed by atoms with E-state index < -0.39 is 0 Å². The van der Waals surface area contributed by atoms with Gasteiger partial charge in [0.2, 0.25) is 5.91 Å². The number of benzene rings is 1.